The molecule has 0 radical (unpaired) electrons. The molecule has 0 aliphatic carbocycles. The van der Waals surface area contributed by atoms with Crippen molar-refractivity contribution < 1.29 is 14.3 Å². The van der Waals surface area contributed by atoms with Crippen LogP contribution in [-0.4, -0.2) is 24.3 Å². The molecule has 124 valence electrons. The number of fused-ring (bicyclic) bond motifs is 1. The third-order valence-electron chi connectivity index (χ3n) is 3.54. The average Bonchev–Trinajstić information content (AvgIpc) is 2.57. The van der Waals surface area contributed by atoms with Crippen LogP contribution in [0.15, 0.2) is 42.5 Å². The van der Waals surface area contributed by atoms with Gasteiger partial charge in [-0.15, -0.1) is 11.6 Å². The lowest BCUT2D eigenvalue weighted by molar-refractivity contribution is -0.121. The Morgan fingerprint density at radius 2 is 2.08 bits per heavy atom. The monoisotopic (exact) mass is 364 g/mol. The summed E-state index contributed by atoms with van der Waals surface area (Å²) in [5, 5.41) is 3.27. The summed E-state index contributed by atoms with van der Waals surface area (Å²) in [5.41, 5.74) is 2.05. The molecule has 0 atom stereocenters. The molecule has 1 aliphatic rings. The molecule has 24 heavy (non-hydrogen) atoms. The smallest absolute Gasteiger partial charge is 0.265 e. The van der Waals surface area contributed by atoms with Gasteiger partial charge in [0.25, 0.3) is 5.91 Å². The zero-order chi connectivity index (χ0) is 17.1. The highest BCUT2D eigenvalue weighted by molar-refractivity contribution is 6.30. The fourth-order valence-corrected chi connectivity index (χ4v) is 2.75. The molecule has 7 heteroatoms. The summed E-state index contributed by atoms with van der Waals surface area (Å²) in [5.74, 6) is -0.0384. The van der Waals surface area contributed by atoms with Crippen molar-refractivity contribution in [1.82, 2.24) is 0 Å². The topological polar surface area (TPSA) is 58.6 Å². The van der Waals surface area contributed by atoms with Crippen LogP contribution in [0.25, 0.3) is 0 Å². The highest BCUT2D eigenvalue weighted by Crippen LogP contribution is 2.35. The number of anilines is 2. The normalized spacial score (nSPS) is 13.2. The predicted octanol–water partition coefficient (Wildman–Crippen LogP) is 3.44. The number of hydrogen-bond acceptors (Lipinski definition) is 3. The number of benzene rings is 2. The lowest BCUT2D eigenvalue weighted by atomic mass is 10.1. The Balaban J connectivity index is 1.92. The molecular weight excluding hydrogens is 351 g/mol. The Kier molecular flexibility index (Phi) is 4.92. The van der Waals surface area contributed by atoms with Crippen LogP contribution in [0.3, 0.4) is 0 Å². The van der Waals surface area contributed by atoms with Crippen molar-refractivity contribution in [2.45, 2.75) is 6.54 Å². The minimum atomic E-state index is -0.318. The fourth-order valence-electron chi connectivity index (χ4n) is 2.47. The average molecular weight is 365 g/mol. The van der Waals surface area contributed by atoms with Crippen LogP contribution in [0, 0.1) is 0 Å². The standard InChI is InChI=1S/C17H14Cl2N2O3/c18-8-16(22)20-13-4-5-15-14(7-13)21(17(23)10-24-15)9-11-2-1-3-12(19)6-11/h1-7H,8-10H2,(H,20,22). The summed E-state index contributed by atoms with van der Waals surface area (Å²) in [6.07, 6.45) is 0. The van der Waals surface area contributed by atoms with E-state index in [0.29, 0.717) is 28.7 Å². The molecule has 0 unspecified atom stereocenters. The van der Waals surface area contributed by atoms with Crippen LogP contribution in [-0.2, 0) is 16.1 Å². The molecule has 0 bridgehead atoms. The molecule has 5 nitrogen and oxygen atoms in total. The van der Waals surface area contributed by atoms with E-state index in [4.69, 9.17) is 27.9 Å². The minimum absolute atomic E-state index is 0.0268. The van der Waals surface area contributed by atoms with Crippen molar-refractivity contribution in [3.63, 3.8) is 0 Å². The van der Waals surface area contributed by atoms with Gasteiger partial charge in [0.05, 0.1) is 12.2 Å². The first-order chi connectivity index (χ1) is 11.6. The number of halogens is 2. The van der Waals surface area contributed by atoms with Crippen molar-refractivity contribution >= 4 is 46.4 Å². The van der Waals surface area contributed by atoms with Crippen LogP contribution in [0.1, 0.15) is 5.56 Å². The van der Waals surface area contributed by atoms with Gasteiger partial charge < -0.3 is 15.0 Å². The number of nitrogens with zero attached hydrogens (tertiary/aromatic N) is 1. The van der Waals surface area contributed by atoms with Gasteiger partial charge in [0.1, 0.15) is 11.6 Å². The van der Waals surface area contributed by atoms with Crippen LogP contribution in [0.4, 0.5) is 11.4 Å². The summed E-state index contributed by atoms with van der Waals surface area (Å²) < 4.78 is 5.46. The number of ether oxygens (including phenoxy) is 1. The SMILES string of the molecule is O=C(CCl)Nc1ccc2c(c1)N(Cc1cccc(Cl)c1)C(=O)CO2. The first kappa shape index (κ1) is 16.6. The van der Waals surface area contributed by atoms with Gasteiger partial charge in [-0.3, -0.25) is 9.59 Å². The van der Waals surface area contributed by atoms with E-state index < -0.39 is 0 Å². The van der Waals surface area contributed by atoms with Crippen molar-refractivity contribution in [2.24, 2.45) is 0 Å². The van der Waals surface area contributed by atoms with Crippen LogP contribution < -0.4 is 15.0 Å². The summed E-state index contributed by atoms with van der Waals surface area (Å²) in [6, 6.07) is 12.4. The zero-order valence-electron chi connectivity index (χ0n) is 12.6. The second kappa shape index (κ2) is 7.11. The van der Waals surface area contributed by atoms with E-state index in [1.165, 1.54) is 0 Å². The van der Waals surface area contributed by atoms with Crippen LogP contribution >= 0.6 is 23.2 Å². The fraction of sp³-hybridized carbons (Fsp3) is 0.176. The van der Waals surface area contributed by atoms with Gasteiger partial charge in [-0.05, 0) is 35.9 Å². The van der Waals surface area contributed by atoms with Crippen molar-refractivity contribution in [3.05, 3.63) is 53.1 Å². The van der Waals surface area contributed by atoms with E-state index in [1.54, 1.807) is 29.2 Å². The maximum Gasteiger partial charge on any atom is 0.265 e. The van der Waals surface area contributed by atoms with Crippen molar-refractivity contribution in [1.29, 1.82) is 0 Å². The molecule has 2 aromatic rings. The lowest BCUT2D eigenvalue weighted by Crippen LogP contribution is -2.38. The van der Waals surface area contributed by atoms with Crippen molar-refractivity contribution in [2.75, 3.05) is 22.7 Å². The summed E-state index contributed by atoms with van der Waals surface area (Å²) in [7, 11) is 0. The molecule has 1 aliphatic heterocycles. The van der Waals surface area contributed by atoms with E-state index in [0.717, 1.165) is 5.56 Å². The number of carbonyl (C=O) groups excluding carboxylic acids is 2. The first-order valence-corrected chi connectivity index (χ1v) is 8.15. The molecular formula is C17H14Cl2N2O3. The number of alkyl halides is 1. The van der Waals surface area contributed by atoms with E-state index in [-0.39, 0.29) is 24.3 Å². The molecule has 1 N–H and O–H groups in total. The Hall–Kier alpha value is -2.24. The number of hydrogen-bond donors (Lipinski definition) is 1. The molecule has 2 amide bonds. The summed E-state index contributed by atoms with van der Waals surface area (Å²) in [6.45, 7) is 0.337. The second-order valence-corrected chi connectivity index (χ2v) is 5.97. The number of nitrogens with one attached hydrogen (secondary N) is 1. The largest absolute Gasteiger partial charge is 0.482 e. The highest BCUT2D eigenvalue weighted by Gasteiger charge is 2.26. The number of amides is 2. The van der Waals surface area contributed by atoms with Gasteiger partial charge in [0, 0.05) is 10.7 Å². The van der Waals surface area contributed by atoms with Crippen LogP contribution in [0.5, 0.6) is 5.75 Å². The predicted molar refractivity (Wildman–Crippen MR) is 93.9 cm³/mol. The van der Waals surface area contributed by atoms with Gasteiger partial charge in [-0.1, -0.05) is 23.7 Å². The third kappa shape index (κ3) is 3.63. The molecule has 0 saturated heterocycles. The zero-order valence-corrected chi connectivity index (χ0v) is 14.1. The lowest BCUT2D eigenvalue weighted by Gasteiger charge is -2.30. The van der Waals surface area contributed by atoms with Gasteiger partial charge in [0.2, 0.25) is 5.91 Å². The van der Waals surface area contributed by atoms with Crippen molar-refractivity contribution in [3.8, 4) is 5.75 Å². The molecule has 0 aromatic heterocycles. The molecule has 1 heterocycles. The Morgan fingerprint density at radius 1 is 1.25 bits per heavy atom. The quantitative estimate of drug-likeness (QED) is 0.845. The van der Waals surface area contributed by atoms with Gasteiger partial charge in [-0.2, -0.15) is 0 Å². The summed E-state index contributed by atoms with van der Waals surface area (Å²) in [4.78, 5) is 25.4. The Morgan fingerprint density at radius 3 is 2.83 bits per heavy atom. The molecule has 0 fully saturated rings. The second-order valence-electron chi connectivity index (χ2n) is 5.26. The van der Waals surface area contributed by atoms with Gasteiger partial charge in [-0.25, -0.2) is 0 Å². The van der Waals surface area contributed by atoms with E-state index in [2.05, 4.69) is 5.32 Å². The van der Waals surface area contributed by atoms with E-state index >= 15 is 0 Å². The van der Waals surface area contributed by atoms with E-state index in [9.17, 15) is 9.59 Å². The highest BCUT2D eigenvalue weighted by atomic mass is 35.5. The first-order valence-electron chi connectivity index (χ1n) is 7.24. The van der Waals surface area contributed by atoms with E-state index in [1.807, 2.05) is 18.2 Å². The maximum atomic E-state index is 12.3. The molecule has 3 rings (SSSR count). The molecule has 2 aromatic carbocycles. The Labute approximate surface area is 149 Å². The van der Waals surface area contributed by atoms with Gasteiger partial charge in [0.15, 0.2) is 6.61 Å². The maximum absolute atomic E-state index is 12.3. The minimum Gasteiger partial charge on any atom is -0.482 e. The number of rotatable bonds is 4. The van der Waals surface area contributed by atoms with Gasteiger partial charge >= 0.3 is 0 Å². The molecule has 0 spiro atoms. The summed E-state index contributed by atoms with van der Waals surface area (Å²) >= 11 is 11.5. The Bertz CT molecular complexity index is 795. The molecule has 0 saturated carbocycles. The van der Waals surface area contributed by atoms with Crippen LogP contribution in [0.2, 0.25) is 5.02 Å². The number of carbonyl (C=O) groups is 2. The third-order valence-corrected chi connectivity index (χ3v) is 4.01.